The van der Waals surface area contributed by atoms with Crippen LogP contribution in [-0.4, -0.2) is 28.5 Å². The average molecular weight is 263 g/mol. The molecule has 18 heavy (non-hydrogen) atoms. The van der Waals surface area contributed by atoms with Crippen molar-refractivity contribution in [3.63, 3.8) is 0 Å². The zero-order valence-electron chi connectivity index (χ0n) is 10.6. The van der Waals surface area contributed by atoms with E-state index in [1.165, 1.54) is 5.56 Å². The summed E-state index contributed by atoms with van der Waals surface area (Å²) in [5.74, 6) is 0.861. The summed E-state index contributed by atoms with van der Waals surface area (Å²) in [6, 6.07) is 8.39. The molecule has 0 aliphatic heterocycles. The average Bonchev–Trinajstić information content (AvgIpc) is 2.78. The number of nitrogens with one attached hydrogen (secondary N) is 1. The SMILES string of the molecule is CCc1ccc(-c2n[nH]c(=S)n2CCOC)cc1. The minimum atomic E-state index is 0.619. The van der Waals surface area contributed by atoms with E-state index in [-0.39, 0.29) is 0 Å². The fourth-order valence-corrected chi connectivity index (χ4v) is 2.04. The first kappa shape index (κ1) is 13.0. The van der Waals surface area contributed by atoms with Crippen molar-refractivity contribution < 1.29 is 4.74 Å². The van der Waals surface area contributed by atoms with Gasteiger partial charge in [-0.25, -0.2) is 0 Å². The number of benzene rings is 1. The molecule has 0 amide bonds. The van der Waals surface area contributed by atoms with E-state index < -0.39 is 0 Å². The van der Waals surface area contributed by atoms with E-state index >= 15 is 0 Å². The molecule has 2 aromatic rings. The molecular weight excluding hydrogens is 246 g/mol. The molecule has 0 spiro atoms. The summed E-state index contributed by atoms with van der Waals surface area (Å²) >= 11 is 5.22. The van der Waals surface area contributed by atoms with Gasteiger partial charge in [-0.3, -0.25) is 9.67 Å². The van der Waals surface area contributed by atoms with Crippen LogP contribution in [0.15, 0.2) is 24.3 Å². The first-order valence-corrected chi connectivity index (χ1v) is 6.40. The molecule has 5 heteroatoms. The summed E-state index contributed by atoms with van der Waals surface area (Å²) in [4.78, 5) is 0. The van der Waals surface area contributed by atoms with Crippen LogP contribution in [0.1, 0.15) is 12.5 Å². The fourth-order valence-electron chi connectivity index (χ4n) is 1.82. The predicted molar refractivity (Wildman–Crippen MR) is 74.1 cm³/mol. The summed E-state index contributed by atoms with van der Waals surface area (Å²) in [6.45, 7) is 3.47. The Morgan fingerprint density at radius 1 is 1.33 bits per heavy atom. The molecule has 0 saturated heterocycles. The number of aryl methyl sites for hydroxylation is 1. The van der Waals surface area contributed by atoms with E-state index in [1.54, 1.807) is 7.11 Å². The van der Waals surface area contributed by atoms with Gasteiger partial charge in [0.05, 0.1) is 13.2 Å². The molecule has 1 aromatic heterocycles. The largest absolute Gasteiger partial charge is 0.383 e. The number of H-pyrrole nitrogens is 1. The first-order valence-electron chi connectivity index (χ1n) is 5.99. The number of hydrogen-bond donors (Lipinski definition) is 1. The van der Waals surface area contributed by atoms with Crippen LogP contribution in [0.2, 0.25) is 0 Å². The lowest BCUT2D eigenvalue weighted by Crippen LogP contribution is -2.06. The minimum Gasteiger partial charge on any atom is -0.383 e. The second-order valence-electron chi connectivity index (χ2n) is 4.05. The molecular formula is C13H17N3OS. The lowest BCUT2D eigenvalue weighted by molar-refractivity contribution is 0.187. The summed E-state index contributed by atoms with van der Waals surface area (Å²) < 4.78 is 7.67. The number of ether oxygens (including phenoxy) is 1. The van der Waals surface area contributed by atoms with Crippen molar-refractivity contribution in [3.05, 3.63) is 34.6 Å². The van der Waals surface area contributed by atoms with Gasteiger partial charge in [0.25, 0.3) is 0 Å². The summed E-state index contributed by atoms with van der Waals surface area (Å²) in [7, 11) is 1.68. The maximum absolute atomic E-state index is 5.22. The molecule has 96 valence electrons. The quantitative estimate of drug-likeness (QED) is 0.844. The smallest absolute Gasteiger partial charge is 0.195 e. The van der Waals surface area contributed by atoms with Crippen molar-refractivity contribution >= 4 is 12.2 Å². The number of hydrogen-bond acceptors (Lipinski definition) is 3. The van der Waals surface area contributed by atoms with Crippen molar-refractivity contribution in [2.45, 2.75) is 19.9 Å². The van der Waals surface area contributed by atoms with Gasteiger partial charge in [-0.1, -0.05) is 31.2 Å². The second kappa shape index (κ2) is 5.93. The zero-order chi connectivity index (χ0) is 13.0. The molecule has 0 radical (unpaired) electrons. The Bertz CT molecular complexity index is 556. The molecule has 0 unspecified atom stereocenters. The van der Waals surface area contributed by atoms with Gasteiger partial charge in [-0.2, -0.15) is 5.10 Å². The number of rotatable bonds is 5. The third-order valence-corrected chi connectivity index (χ3v) is 3.21. The normalized spacial score (nSPS) is 10.8. The Hall–Kier alpha value is -1.46. The van der Waals surface area contributed by atoms with Gasteiger partial charge in [0.2, 0.25) is 0 Å². The van der Waals surface area contributed by atoms with Crippen molar-refractivity contribution in [3.8, 4) is 11.4 Å². The third kappa shape index (κ3) is 2.68. The summed E-state index contributed by atoms with van der Waals surface area (Å²) in [6.07, 6.45) is 1.04. The van der Waals surface area contributed by atoms with Gasteiger partial charge in [-0.15, -0.1) is 0 Å². The van der Waals surface area contributed by atoms with Crippen molar-refractivity contribution in [1.82, 2.24) is 14.8 Å². The van der Waals surface area contributed by atoms with Crippen LogP contribution in [0, 0.1) is 4.77 Å². The summed E-state index contributed by atoms with van der Waals surface area (Å²) in [5, 5.41) is 7.12. The van der Waals surface area contributed by atoms with E-state index in [4.69, 9.17) is 17.0 Å². The van der Waals surface area contributed by atoms with Crippen LogP contribution in [-0.2, 0) is 17.7 Å². The molecule has 0 atom stereocenters. The van der Waals surface area contributed by atoms with E-state index in [2.05, 4.69) is 41.4 Å². The third-order valence-electron chi connectivity index (χ3n) is 2.90. The predicted octanol–water partition coefficient (Wildman–Crippen LogP) is 2.82. The monoisotopic (exact) mass is 263 g/mol. The van der Waals surface area contributed by atoms with Crippen molar-refractivity contribution in [1.29, 1.82) is 0 Å². The molecule has 0 aliphatic carbocycles. The molecule has 0 saturated carbocycles. The number of nitrogens with zero attached hydrogens (tertiary/aromatic N) is 2. The highest BCUT2D eigenvalue weighted by molar-refractivity contribution is 7.71. The Morgan fingerprint density at radius 3 is 2.67 bits per heavy atom. The standard InChI is InChI=1S/C13H17N3OS/c1-3-10-4-6-11(7-5-10)12-14-15-13(18)16(12)8-9-17-2/h4-7H,3,8-9H2,1-2H3,(H,15,18). The molecule has 0 fully saturated rings. The van der Waals surface area contributed by atoms with E-state index in [0.29, 0.717) is 17.9 Å². The summed E-state index contributed by atoms with van der Waals surface area (Å²) in [5.41, 5.74) is 2.38. The number of aromatic amines is 1. The van der Waals surface area contributed by atoms with Crippen LogP contribution in [0.25, 0.3) is 11.4 Å². The molecule has 4 nitrogen and oxygen atoms in total. The Kier molecular flexibility index (Phi) is 4.28. The fraction of sp³-hybridized carbons (Fsp3) is 0.385. The zero-order valence-corrected chi connectivity index (χ0v) is 11.5. The molecule has 1 heterocycles. The first-order chi connectivity index (χ1) is 8.76. The van der Waals surface area contributed by atoms with Gasteiger partial charge in [0, 0.05) is 12.7 Å². The van der Waals surface area contributed by atoms with E-state index in [0.717, 1.165) is 17.8 Å². The van der Waals surface area contributed by atoms with Crippen LogP contribution < -0.4 is 0 Å². The maximum Gasteiger partial charge on any atom is 0.195 e. The van der Waals surface area contributed by atoms with Crippen LogP contribution in [0.5, 0.6) is 0 Å². The number of aromatic nitrogens is 3. The molecule has 0 bridgehead atoms. The lowest BCUT2D eigenvalue weighted by atomic mass is 10.1. The number of methoxy groups -OCH3 is 1. The van der Waals surface area contributed by atoms with Crippen LogP contribution in [0.3, 0.4) is 0 Å². The highest BCUT2D eigenvalue weighted by Crippen LogP contribution is 2.18. The van der Waals surface area contributed by atoms with E-state index in [9.17, 15) is 0 Å². The van der Waals surface area contributed by atoms with Crippen molar-refractivity contribution in [2.24, 2.45) is 0 Å². The van der Waals surface area contributed by atoms with Gasteiger partial charge >= 0.3 is 0 Å². The molecule has 0 aliphatic rings. The molecule has 1 N–H and O–H groups in total. The Balaban J connectivity index is 2.34. The van der Waals surface area contributed by atoms with Crippen LogP contribution in [0.4, 0.5) is 0 Å². The van der Waals surface area contributed by atoms with Gasteiger partial charge < -0.3 is 4.74 Å². The maximum atomic E-state index is 5.22. The van der Waals surface area contributed by atoms with E-state index in [1.807, 2.05) is 4.57 Å². The second-order valence-corrected chi connectivity index (χ2v) is 4.43. The topological polar surface area (TPSA) is 42.8 Å². The molecule has 2 rings (SSSR count). The van der Waals surface area contributed by atoms with Gasteiger partial charge in [0.1, 0.15) is 0 Å². The highest BCUT2D eigenvalue weighted by Gasteiger charge is 2.08. The minimum absolute atomic E-state index is 0.619. The molecule has 1 aromatic carbocycles. The Morgan fingerprint density at radius 2 is 2.06 bits per heavy atom. The Labute approximate surface area is 112 Å². The lowest BCUT2D eigenvalue weighted by Gasteiger charge is -2.06. The highest BCUT2D eigenvalue weighted by atomic mass is 32.1. The van der Waals surface area contributed by atoms with Crippen molar-refractivity contribution in [2.75, 3.05) is 13.7 Å². The van der Waals surface area contributed by atoms with Gasteiger partial charge in [-0.05, 0) is 24.2 Å². The van der Waals surface area contributed by atoms with Gasteiger partial charge in [0.15, 0.2) is 10.6 Å². The van der Waals surface area contributed by atoms with Crippen LogP contribution >= 0.6 is 12.2 Å².